The van der Waals surface area contributed by atoms with Crippen molar-refractivity contribution in [1.29, 1.82) is 0 Å². The fraction of sp³-hybridized carbons (Fsp3) is 0.875. The lowest BCUT2D eigenvalue weighted by atomic mass is 10.1. The molecule has 0 bridgehead atoms. The normalized spacial score (nSPS) is 20.4. The summed E-state index contributed by atoms with van der Waals surface area (Å²) < 4.78 is 0. The molecule has 12 heavy (non-hydrogen) atoms. The van der Waals surface area contributed by atoms with E-state index in [9.17, 15) is 0 Å². The first-order valence-electron chi connectivity index (χ1n) is 4.25. The Morgan fingerprint density at radius 2 is 2.25 bits per heavy atom. The number of aliphatic imine (C=N–C) groups is 1. The van der Waals surface area contributed by atoms with Crippen LogP contribution in [0.1, 0.15) is 12.8 Å². The lowest BCUT2D eigenvalue weighted by molar-refractivity contribution is 0.212. The van der Waals surface area contributed by atoms with Crippen LogP contribution in [0.25, 0.3) is 0 Å². The number of nitrogens with one attached hydrogen (secondary N) is 2. The molecule has 0 aromatic heterocycles. The summed E-state index contributed by atoms with van der Waals surface area (Å²) in [6.07, 6.45) is 2.24. The van der Waals surface area contributed by atoms with Crippen LogP contribution >= 0.6 is 0 Å². The van der Waals surface area contributed by atoms with Crippen LogP contribution in [0.3, 0.4) is 0 Å². The second-order valence-electron chi connectivity index (χ2n) is 3.33. The van der Waals surface area contributed by atoms with Crippen molar-refractivity contribution in [3.05, 3.63) is 0 Å². The standard InChI is InChI=1S/C8H17N3O/c1-9-7(10-2)11-5-8(6-12)3-4-8/h12H,3-6H2,1-2H3,(H2,9,10,11). The lowest BCUT2D eigenvalue weighted by Gasteiger charge is -2.14. The highest BCUT2D eigenvalue weighted by Gasteiger charge is 2.41. The number of aliphatic hydroxyl groups excluding tert-OH is 1. The van der Waals surface area contributed by atoms with Crippen molar-refractivity contribution in [3.63, 3.8) is 0 Å². The Labute approximate surface area is 73.1 Å². The minimum atomic E-state index is 0.146. The molecule has 1 aliphatic rings. The number of hydrogen-bond donors (Lipinski definition) is 3. The summed E-state index contributed by atoms with van der Waals surface area (Å²) in [5.74, 6) is 0.787. The molecule has 0 spiro atoms. The van der Waals surface area contributed by atoms with Crippen LogP contribution in [0.2, 0.25) is 0 Å². The molecule has 0 heterocycles. The third-order valence-corrected chi connectivity index (χ3v) is 2.38. The van der Waals surface area contributed by atoms with Crippen molar-refractivity contribution >= 4 is 5.96 Å². The van der Waals surface area contributed by atoms with Crippen LogP contribution in [-0.2, 0) is 0 Å². The van der Waals surface area contributed by atoms with Crippen molar-refractivity contribution < 1.29 is 5.11 Å². The average molecular weight is 171 g/mol. The molecule has 3 N–H and O–H groups in total. The Balaban J connectivity index is 2.25. The van der Waals surface area contributed by atoms with Crippen LogP contribution in [-0.4, -0.2) is 38.3 Å². The molecule has 4 nitrogen and oxygen atoms in total. The first kappa shape index (κ1) is 9.32. The van der Waals surface area contributed by atoms with Gasteiger partial charge in [0.2, 0.25) is 0 Å². The number of guanidine groups is 1. The van der Waals surface area contributed by atoms with Crippen molar-refractivity contribution in [1.82, 2.24) is 10.6 Å². The van der Waals surface area contributed by atoms with E-state index in [1.807, 2.05) is 7.05 Å². The average Bonchev–Trinajstić information content (AvgIpc) is 2.87. The molecule has 1 rings (SSSR count). The van der Waals surface area contributed by atoms with Crippen molar-refractivity contribution in [2.24, 2.45) is 10.4 Å². The number of nitrogens with zero attached hydrogens (tertiary/aromatic N) is 1. The zero-order valence-corrected chi connectivity index (χ0v) is 7.72. The van der Waals surface area contributed by atoms with Crippen molar-refractivity contribution in [3.8, 4) is 0 Å². The van der Waals surface area contributed by atoms with Gasteiger partial charge in [0, 0.05) is 26.1 Å². The van der Waals surface area contributed by atoms with Gasteiger partial charge in [-0.2, -0.15) is 0 Å². The zero-order valence-electron chi connectivity index (χ0n) is 7.72. The summed E-state index contributed by atoms with van der Waals surface area (Å²) in [4.78, 5) is 3.98. The summed E-state index contributed by atoms with van der Waals surface area (Å²) in [6.45, 7) is 1.09. The number of aliphatic hydroxyl groups is 1. The van der Waals surface area contributed by atoms with Gasteiger partial charge in [-0.3, -0.25) is 4.99 Å². The van der Waals surface area contributed by atoms with E-state index in [1.54, 1.807) is 7.05 Å². The highest BCUT2D eigenvalue weighted by atomic mass is 16.3. The largest absolute Gasteiger partial charge is 0.396 e. The van der Waals surface area contributed by atoms with E-state index in [0.29, 0.717) is 0 Å². The molecule has 0 aromatic carbocycles. The summed E-state index contributed by atoms with van der Waals surface area (Å²) >= 11 is 0. The Kier molecular flexibility index (Phi) is 2.92. The van der Waals surface area contributed by atoms with E-state index in [-0.39, 0.29) is 12.0 Å². The first-order valence-corrected chi connectivity index (χ1v) is 4.25. The molecule has 0 aromatic rings. The predicted molar refractivity (Wildman–Crippen MR) is 49.2 cm³/mol. The van der Waals surface area contributed by atoms with Gasteiger partial charge in [0.25, 0.3) is 0 Å². The van der Waals surface area contributed by atoms with E-state index < -0.39 is 0 Å². The monoisotopic (exact) mass is 171 g/mol. The molecule has 4 heteroatoms. The maximum atomic E-state index is 9.01. The molecular weight excluding hydrogens is 154 g/mol. The highest BCUT2D eigenvalue weighted by molar-refractivity contribution is 5.79. The van der Waals surface area contributed by atoms with E-state index >= 15 is 0 Å². The molecule has 0 amide bonds. The third-order valence-electron chi connectivity index (χ3n) is 2.38. The van der Waals surface area contributed by atoms with E-state index in [4.69, 9.17) is 5.11 Å². The van der Waals surface area contributed by atoms with Gasteiger partial charge >= 0.3 is 0 Å². The minimum Gasteiger partial charge on any atom is -0.396 e. The summed E-state index contributed by atoms with van der Waals surface area (Å²) in [6, 6.07) is 0. The fourth-order valence-electron chi connectivity index (χ4n) is 1.12. The molecule has 0 radical (unpaired) electrons. The second kappa shape index (κ2) is 3.76. The smallest absolute Gasteiger partial charge is 0.190 e. The molecular formula is C8H17N3O. The van der Waals surface area contributed by atoms with Crippen LogP contribution < -0.4 is 10.6 Å². The van der Waals surface area contributed by atoms with Gasteiger partial charge in [0.1, 0.15) is 0 Å². The van der Waals surface area contributed by atoms with Gasteiger partial charge in [-0.15, -0.1) is 0 Å². The van der Waals surface area contributed by atoms with Crippen LogP contribution in [0.4, 0.5) is 0 Å². The molecule has 0 atom stereocenters. The molecule has 70 valence electrons. The van der Waals surface area contributed by atoms with Crippen LogP contribution in [0.5, 0.6) is 0 Å². The summed E-state index contributed by atoms with van der Waals surface area (Å²) in [5, 5.41) is 15.1. The number of hydrogen-bond acceptors (Lipinski definition) is 2. The van der Waals surface area contributed by atoms with E-state index in [2.05, 4.69) is 15.6 Å². The summed E-state index contributed by atoms with van der Waals surface area (Å²) in [7, 11) is 3.56. The van der Waals surface area contributed by atoms with Gasteiger partial charge in [-0.05, 0) is 12.8 Å². The minimum absolute atomic E-state index is 0.146. The molecule has 1 saturated carbocycles. The maximum absolute atomic E-state index is 9.01. The molecule has 1 aliphatic carbocycles. The second-order valence-corrected chi connectivity index (χ2v) is 3.33. The van der Waals surface area contributed by atoms with Gasteiger partial charge in [0.05, 0.1) is 6.61 Å². The fourth-order valence-corrected chi connectivity index (χ4v) is 1.12. The highest BCUT2D eigenvalue weighted by Crippen LogP contribution is 2.44. The topological polar surface area (TPSA) is 56.7 Å². The third kappa shape index (κ3) is 2.11. The van der Waals surface area contributed by atoms with Gasteiger partial charge in [-0.1, -0.05) is 0 Å². The molecule has 0 unspecified atom stereocenters. The zero-order chi connectivity index (χ0) is 9.03. The molecule has 0 aliphatic heterocycles. The summed E-state index contributed by atoms with van der Waals surface area (Å²) in [5.41, 5.74) is 0.146. The lowest BCUT2D eigenvalue weighted by Crippen LogP contribution is -2.39. The Hall–Kier alpha value is -0.770. The Morgan fingerprint density at radius 3 is 2.58 bits per heavy atom. The van der Waals surface area contributed by atoms with E-state index in [0.717, 1.165) is 25.3 Å². The Morgan fingerprint density at radius 1 is 1.58 bits per heavy atom. The quantitative estimate of drug-likeness (QED) is 0.398. The van der Waals surface area contributed by atoms with Crippen LogP contribution in [0, 0.1) is 5.41 Å². The maximum Gasteiger partial charge on any atom is 0.190 e. The first-order chi connectivity index (χ1) is 5.76. The van der Waals surface area contributed by atoms with Gasteiger partial charge in [0.15, 0.2) is 5.96 Å². The van der Waals surface area contributed by atoms with Gasteiger partial charge < -0.3 is 15.7 Å². The molecule has 1 fully saturated rings. The Bertz CT molecular complexity index is 175. The SMILES string of the molecule is CN=C(NC)NCC1(CO)CC1. The van der Waals surface area contributed by atoms with Gasteiger partial charge in [-0.25, -0.2) is 0 Å². The van der Waals surface area contributed by atoms with E-state index in [1.165, 1.54) is 0 Å². The molecule has 0 saturated heterocycles. The van der Waals surface area contributed by atoms with Crippen LogP contribution in [0.15, 0.2) is 4.99 Å². The van der Waals surface area contributed by atoms with Crippen molar-refractivity contribution in [2.45, 2.75) is 12.8 Å². The predicted octanol–water partition coefficient (Wildman–Crippen LogP) is -0.446. The number of rotatable bonds is 3. The van der Waals surface area contributed by atoms with Crippen molar-refractivity contribution in [2.75, 3.05) is 27.2 Å².